The largest absolute Gasteiger partial charge is 0.448 e. The van der Waals surface area contributed by atoms with Crippen LogP contribution in [0.15, 0.2) is 40.8 Å². The van der Waals surface area contributed by atoms with Crippen molar-refractivity contribution in [3.63, 3.8) is 0 Å². The monoisotopic (exact) mass is 406 g/mol. The van der Waals surface area contributed by atoms with Gasteiger partial charge in [-0.25, -0.2) is 4.98 Å². The summed E-state index contributed by atoms with van der Waals surface area (Å²) in [6.07, 6.45) is 9.67. The highest BCUT2D eigenvalue weighted by molar-refractivity contribution is 7.21. The number of amides is 1. The predicted octanol–water partition coefficient (Wildman–Crippen LogP) is 5.89. The summed E-state index contributed by atoms with van der Waals surface area (Å²) in [5.74, 6) is 3.81. The molecule has 2 heterocycles. The van der Waals surface area contributed by atoms with Crippen molar-refractivity contribution in [2.24, 2.45) is 23.2 Å². The summed E-state index contributed by atoms with van der Waals surface area (Å²) >= 11 is 1.59. The van der Waals surface area contributed by atoms with Crippen molar-refractivity contribution in [2.75, 3.05) is 6.54 Å². The van der Waals surface area contributed by atoms with Gasteiger partial charge in [-0.15, -0.1) is 11.3 Å². The van der Waals surface area contributed by atoms with Crippen LogP contribution in [0.2, 0.25) is 0 Å². The van der Waals surface area contributed by atoms with Crippen molar-refractivity contribution in [1.29, 1.82) is 0 Å². The van der Waals surface area contributed by atoms with Crippen molar-refractivity contribution >= 4 is 27.5 Å². The van der Waals surface area contributed by atoms with Gasteiger partial charge in [-0.05, 0) is 92.4 Å². The summed E-state index contributed by atoms with van der Waals surface area (Å²) in [5, 5.41) is 3.93. The number of nitrogens with one attached hydrogen (secondary N) is 1. The van der Waals surface area contributed by atoms with Gasteiger partial charge in [0.15, 0.2) is 16.5 Å². The number of nitrogens with zero attached hydrogens (tertiary/aromatic N) is 1. The van der Waals surface area contributed by atoms with E-state index in [4.69, 9.17) is 4.42 Å². The maximum Gasteiger partial charge on any atom is 0.287 e. The number of carbonyl (C=O) groups is 1. The summed E-state index contributed by atoms with van der Waals surface area (Å²) in [6, 6.07) is 11.7. The molecule has 29 heavy (non-hydrogen) atoms. The fourth-order valence-corrected chi connectivity index (χ4v) is 7.60. The second kappa shape index (κ2) is 6.69. The maximum absolute atomic E-state index is 12.6. The standard InChI is InChI=1S/C24H26N2O2S/c27-22(25-8-7-24-12-15-9-16(13-24)11-17(10-15)14-24)19-5-6-20(28-19)23-26-18-3-1-2-4-21(18)29-23/h1-6,15-17H,7-14H2,(H,25,27). The van der Waals surface area contributed by atoms with E-state index in [0.29, 0.717) is 16.9 Å². The quantitative estimate of drug-likeness (QED) is 0.574. The van der Waals surface area contributed by atoms with E-state index in [9.17, 15) is 4.79 Å². The summed E-state index contributed by atoms with van der Waals surface area (Å²) in [7, 11) is 0. The van der Waals surface area contributed by atoms with Gasteiger partial charge in [-0.3, -0.25) is 4.79 Å². The lowest BCUT2D eigenvalue weighted by Gasteiger charge is -2.57. The molecule has 4 fully saturated rings. The Hall–Kier alpha value is -2.14. The molecule has 4 saturated carbocycles. The average Bonchev–Trinajstić information content (AvgIpc) is 3.34. The molecule has 4 nitrogen and oxygen atoms in total. The first-order valence-electron chi connectivity index (χ1n) is 10.9. The van der Waals surface area contributed by atoms with Crippen LogP contribution in [0.4, 0.5) is 0 Å². The minimum Gasteiger partial charge on any atom is -0.448 e. The third-order valence-corrected chi connectivity index (χ3v) is 8.49. The Morgan fingerprint density at radius 1 is 1.07 bits per heavy atom. The number of aromatic nitrogens is 1. The number of carbonyl (C=O) groups excluding carboxylic acids is 1. The third kappa shape index (κ3) is 3.20. The molecule has 0 spiro atoms. The molecule has 4 bridgehead atoms. The Labute approximate surface area is 174 Å². The Morgan fingerprint density at radius 2 is 1.79 bits per heavy atom. The molecule has 0 radical (unpaired) electrons. The van der Waals surface area contributed by atoms with Gasteiger partial charge < -0.3 is 9.73 Å². The van der Waals surface area contributed by atoms with E-state index in [2.05, 4.69) is 16.4 Å². The van der Waals surface area contributed by atoms with Gasteiger partial charge in [-0.2, -0.15) is 0 Å². The number of hydrogen-bond acceptors (Lipinski definition) is 4. The summed E-state index contributed by atoms with van der Waals surface area (Å²) < 4.78 is 6.97. The van der Waals surface area contributed by atoms with Crippen LogP contribution in [0.1, 0.15) is 55.5 Å². The van der Waals surface area contributed by atoms with E-state index in [1.807, 2.05) is 24.3 Å². The van der Waals surface area contributed by atoms with Crippen LogP contribution in [0.3, 0.4) is 0 Å². The first kappa shape index (κ1) is 17.7. The molecule has 1 aromatic carbocycles. The fourth-order valence-electron chi connectivity index (χ4n) is 6.68. The summed E-state index contributed by atoms with van der Waals surface area (Å²) in [6.45, 7) is 0.752. The van der Waals surface area contributed by atoms with Crippen molar-refractivity contribution in [3.8, 4) is 10.8 Å². The van der Waals surface area contributed by atoms with Crippen LogP contribution in [0.5, 0.6) is 0 Å². The number of para-hydroxylation sites is 1. The molecule has 2 aromatic heterocycles. The maximum atomic E-state index is 12.6. The van der Waals surface area contributed by atoms with E-state index >= 15 is 0 Å². The molecular formula is C24H26N2O2S. The Bertz CT molecular complexity index is 997. The molecule has 0 aliphatic heterocycles. The van der Waals surface area contributed by atoms with E-state index in [-0.39, 0.29) is 5.91 Å². The smallest absolute Gasteiger partial charge is 0.287 e. The highest BCUT2D eigenvalue weighted by Gasteiger charge is 2.50. The van der Waals surface area contributed by atoms with E-state index in [0.717, 1.165) is 45.9 Å². The molecule has 1 amide bonds. The number of benzene rings is 1. The van der Waals surface area contributed by atoms with Gasteiger partial charge in [0.05, 0.1) is 10.2 Å². The Kier molecular flexibility index (Phi) is 4.09. The fraction of sp³-hybridized carbons (Fsp3) is 0.500. The zero-order valence-electron chi connectivity index (χ0n) is 16.5. The molecule has 0 atom stereocenters. The number of hydrogen-bond donors (Lipinski definition) is 1. The van der Waals surface area contributed by atoms with Gasteiger partial charge in [0.1, 0.15) is 0 Å². The summed E-state index contributed by atoms with van der Waals surface area (Å²) in [4.78, 5) is 17.2. The second-order valence-corrected chi connectivity index (χ2v) is 10.6. The van der Waals surface area contributed by atoms with Crippen molar-refractivity contribution in [3.05, 3.63) is 42.2 Å². The lowest BCUT2D eigenvalue weighted by atomic mass is 9.49. The second-order valence-electron chi connectivity index (χ2n) is 9.57. The number of furan rings is 1. The zero-order chi connectivity index (χ0) is 19.4. The minimum atomic E-state index is -0.109. The Morgan fingerprint density at radius 3 is 2.52 bits per heavy atom. The number of thiazole rings is 1. The first-order valence-corrected chi connectivity index (χ1v) is 11.7. The van der Waals surface area contributed by atoms with Gasteiger partial charge in [-0.1, -0.05) is 12.1 Å². The van der Waals surface area contributed by atoms with Gasteiger partial charge in [0, 0.05) is 6.54 Å². The molecule has 3 aromatic rings. The van der Waals surface area contributed by atoms with Crippen LogP contribution in [-0.4, -0.2) is 17.4 Å². The van der Waals surface area contributed by atoms with E-state index in [1.165, 1.54) is 38.5 Å². The predicted molar refractivity (Wildman–Crippen MR) is 115 cm³/mol. The van der Waals surface area contributed by atoms with E-state index in [1.54, 1.807) is 17.4 Å². The molecule has 4 aliphatic rings. The molecule has 0 saturated heterocycles. The lowest BCUT2D eigenvalue weighted by Crippen LogP contribution is -2.47. The number of rotatable bonds is 5. The number of fused-ring (bicyclic) bond motifs is 1. The van der Waals surface area contributed by atoms with Crippen LogP contribution in [0.25, 0.3) is 21.0 Å². The SMILES string of the molecule is O=C(NCCC12CC3CC(CC(C3)C1)C2)c1ccc(-c2nc3ccccc3s2)o1. The first-order chi connectivity index (χ1) is 14.2. The van der Waals surface area contributed by atoms with Crippen molar-refractivity contribution in [1.82, 2.24) is 10.3 Å². The molecule has 1 N–H and O–H groups in total. The van der Waals surface area contributed by atoms with Gasteiger partial charge >= 0.3 is 0 Å². The lowest BCUT2D eigenvalue weighted by molar-refractivity contribution is -0.0564. The third-order valence-electron chi connectivity index (χ3n) is 7.44. The molecule has 5 heteroatoms. The highest BCUT2D eigenvalue weighted by atomic mass is 32.1. The molecule has 4 aliphatic carbocycles. The van der Waals surface area contributed by atoms with Crippen LogP contribution in [-0.2, 0) is 0 Å². The van der Waals surface area contributed by atoms with Crippen LogP contribution >= 0.6 is 11.3 Å². The highest BCUT2D eigenvalue weighted by Crippen LogP contribution is 2.61. The van der Waals surface area contributed by atoms with Gasteiger partial charge in [0.2, 0.25) is 0 Å². The van der Waals surface area contributed by atoms with Crippen LogP contribution < -0.4 is 5.32 Å². The average molecular weight is 407 g/mol. The van der Waals surface area contributed by atoms with Gasteiger partial charge in [0.25, 0.3) is 5.91 Å². The molecule has 150 valence electrons. The zero-order valence-corrected chi connectivity index (χ0v) is 17.3. The van der Waals surface area contributed by atoms with Crippen molar-refractivity contribution < 1.29 is 9.21 Å². The molecular weight excluding hydrogens is 380 g/mol. The van der Waals surface area contributed by atoms with E-state index < -0.39 is 0 Å². The molecule has 7 rings (SSSR count). The van der Waals surface area contributed by atoms with Crippen LogP contribution in [0, 0.1) is 23.2 Å². The van der Waals surface area contributed by atoms with Crippen molar-refractivity contribution in [2.45, 2.75) is 44.9 Å². The molecule has 0 unspecified atom stereocenters. The summed E-state index contributed by atoms with van der Waals surface area (Å²) in [5.41, 5.74) is 1.46. The Balaban J connectivity index is 1.10. The normalized spacial score (nSPS) is 30.1. The minimum absolute atomic E-state index is 0.109. The topological polar surface area (TPSA) is 55.1 Å².